The highest BCUT2D eigenvalue weighted by Crippen LogP contribution is 2.31. The summed E-state index contributed by atoms with van der Waals surface area (Å²) in [5.41, 5.74) is -0.0770. The average molecular weight is 360 g/mol. The van der Waals surface area contributed by atoms with E-state index in [9.17, 15) is 13.2 Å². The molecule has 8 heteroatoms. The molecular formula is C12H13Cl3O4S. The average Bonchev–Trinajstić information content (AvgIpc) is 2.32. The van der Waals surface area contributed by atoms with Crippen LogP contribution < -0.4 is 0 Å². The van der Waals surface area contributed by atoms with E-state index in [0.29, 0.717) is 0 Å². The quantitative estimate of drug-likeness (QED) is 0.432. The van der Waals surface area contributed by atoms with Crippen LogP contribution in [0.5, 0.6) is 0 Å². The fraction of sp³-hybridized carbons (Fsp3) is 0.417. The van der Waals surface area contributed by atoms with E-state index < -0.39 is 15.0 Å². The number of unbranched alkanes of at least 4 members (excludes halogenated alkanes) is 2. The van der Waals surface area contributed by atoms with Crippen molar-refractivity contribution in [2.24, 2.45) is 0 Å². The molecule has 0 N–H and O–H groups in total. The molecule has 4 nitrogen and oxygen atoms in total. The molecule has 0 fully saturated rings. The Labute approximate surface area is 132 Å². The largest absolute Gasteiger partial charge is 0.462 e. The first-order valence-corrected chi connectivity index (χ1v) is 8.94. The molecule has 0 spiro atoms. The van der Waals surface area contributed by atoms with Gasteiger partial charge in [-0.1, -0.05) is 43.0 Å². The van der Waals surface area contributed by atoms with Crippen molar-refractivity contribution >= 4 is 48.9 Å². The molecule has 0 aliphatic heterocycles. The molecule has 1 aromatic carbocycles. The number of benzene rings is 1. The molecule has 0 radical (unpaired) electrons. The summed E-state index contributed by atoms with van der Waals surface area (Å²) in [6, 6.07) is 2.18. The molecule has 0 saturated carbocycles. The summed E-state index contributed by atoms with van der Waals surface area (Å²) in [5, 5.41) is -0.132. The number of halogens is 3. The Hall–Kier alpha value is -0.490. The van der Waals surface area contributed by atoms with Crippen LogP contribution in [-0.2, 0) is 13.8 Å². The minimum Gasteiger partial charge on any atom is -0.462 e. The topological polar surface area (TPSA) is 60.4 Å². The van der Waals surface area contributed by atoms with Gasteiger partial charge in [0.1, 0.15) is 4.90 Å². The Morgan fingerprint density at radius 1 is 1.20 bits per heavy atom. The van der Waals surface area contributed by atoms with Gasteiger partial charge in [0.25, 0.3) is 9.05 Å². The van der Waals surface area contributed by atoms with Gasteiger partial charge in [0.2, 0.25) is 0 Å². The standard InChI is InChI=1S/C12H13Cl3O4S/c1-2-3-4-5-19-12(16)8-6-11(20(15,17)18)10(14)7-9(8)13/h6-7H,2-5H2,1H3. The molecule has 0 aromatic heterocycles. The molecule has 0 unspecified atom stereocenters. The normalized spacial score (nSPS) is 11.4. The van der Waals surface area contributed by atoms with Crippen molar-refractivity contribution in [1.82, 2.24) is 0 Å². The van der Waals surface area contributed by atoms with E-state index in [0.717, 1.165) is 31.4 Å². The number of carbonyl (C=O) groups is 1. The Kier molecular flexibility index (Phi) is 6.58. The molecule has 0 atom stereocenters. The number of ether oxygens (including phenoxy) is 1. The lowest BCUT2D eigenvalue weighted by Gasteiger charge is -2.08. The molecule has 1 rings (SSSR count). The lowest BCUT2D eigenvalue weighted by molar-refractivity contribution is 0.0498. The van der Waals surface area contributed by atoms with Gasteiger partial charge < -0.3 is 4.74 Å². The number of hydrogen-bond acceptors (Lipinski definition) is 4. The van der Waals surface area contributed by atoms with Crippen LogP contribution in [-0.4, -0.2) is 21.0 Å². The van der Waals surface area contributed by atoms with Gasteiger partial charge in [0, 0.05) is 10.7 Å². The van der Waals surface area contributed by atoms with Crippen LogP contribution in [0.4, 0.5) is 0 Å². The van der Waals surface area contributed by atoms with Gasteiger partial charge in [-0.2, -0.15) is 0 Å². The van der Waals surface area contributed by atoms with Crippen molar-refractivity contribution in [3.8, 4) is 0 Å². The zero-order valence-electron chi connectivity index (χ0n) is 10.7. The number of esters is 1. The maximum atomic E-state index is 11.8. The third-order valence-electron chi connectivity index (χ3n) is 2.49. The number of hydrogen-bond donors (Lipinski definition) is 0. The van der Waals surface area contributed by atoms with E-state index in [1.807, 2.05) is 6.92 Å². The fourth-order valence-electron chi connectivity index (χ4n) is 1.47. The van der Waals surface area contributed by atoms with E-state index in [4.69, 9.17) is 38.6 Å². The van der Waals surface area contributed by atoms with Crippen molar-refractivity contribution in [2.45, 2.75) is 31.1 Å². The Balaban J connectivity index is 2.98. The molecular weight excluding hydrogens is 347 g/mol. The lowest BCUT2D eigenvalue weighted by atomic mass is 10.2. The third-order valence-corrected chi connectivity index (χ3v) is 4.58. The van der Waals surface area contributed by atoms with Gasteiger partial charge in [0.15, 0.2) is 0 Å². The van der Waals surface area contributed by atoms with Crippen LogP contribution in [0.1, 0.15) is 36.5 Å². The number of carbonyl (C=O) groups excluding carboxylic acids is 1. The smallest absolute Gasteiger partial charge is 0.339 e. The lowest BCUT2D eigenvalue weighted by Crippen LogP contribution is -2.08. The van der Waals surface area contributed by atoms with Crippen molar-refractivity contribution in [2.75, 3.05) is 6.61 Å². The van der Waals surface area contributed by atoms with Crippen LogP contribution >= 0.6 is 33.9 Å². The Morgan fingerprint density at radius 2 is 1.85 bits per heavy atom. The predicted molar refractivity (Wildman–Crippen MR) is 79.3 cm³/mol. The molecule has 0 aliphatic rings. The van der Waals surface area contributed by atoms with E-state index in [1.54, 1.807) is 0 Å². The van der Waals surface area contributed by atoms with E-state index in [1.165, 1.54) is 0 Å². The summed E-state index contributed by atoms with van der Waals surface area (Å²) in [7, 11) is 1.17. The first kappa shape index (κ1) is 17.6. The van der Waals surface area contributed by atoms with Gasteiger partial charge in [0.05, 0.1) is 22.2 Å². The van der Waals surface area contributed by atoms with Crippen LogP contribution in [0.25, 0.3) is 0 Å². The zero-order valence-corrected chi connectivity index (χ0v) is 13.7. The minimum absolute atomic E-state index is 0.0135. The first-order valence-electron chi connectivity index (χ1n) is 5.88. The van der Waals surface area contributed by atoms with Gasteiger partial charge in [-0.15, -0.1) is 0 Å². The fourth-order valence-corrected chi connectivity index (χ4v) is 3.28. The second-order valence-corrected chi connectivity index (χ2v) is 7.39. The molecule has 0 bridgehead atoms. The maximum Gasteiger partial charge on any atom is 0.339 e. The number of rotatable bonds is 6. The SMILES string of the molecule is CCCCCOC(=O)c1cc(S(=O)(=O)Cl)c(Cl)cc1Cl. The summed E-state index contributed by atoms with van der Waals surface area (Å²) < 4.78 is 27.7. The predicted octanol–water partition coefficient (Wildman–Crippen LogP) is 4.27. The van der Waals surface area contributed by atoms with Crippen molar-refractivity contribution < 1.29 is 17.9 Å². The monoisotopic (exact) mass is 358 g/mol. The molecule has 1 aromatic rings. The van der Waals surface area contributed by atoms with E-state index in [2.05, 4.69) is 0 Å². The second kappa shape index (κ2) is 7.50. The van der Waals surface area contributed by atoms with Crippen molar-refractivity contribution in [1.29, 1.82) is 0 Å². The van der Waals surface area contributed by atoms with E-state index in [-0.39, 0.29) is 27.1 Å². The summed E-state index contributed by atoms with van der Waals surface area (Å²) in [6.07, 6.45) is 2.66. The van der Waals surface area contributed by atoms with Crippen LogP contribution in [0.15, 0.2) is 17.0 Å². The molecule has 0 heterocycles. The first-order chi connectivity index (χ1) is 9.27. The second-order valence-electron chi connectivity index (χ2n) is 4.04. The van der Waals surface area contributed by atoms with Gasteiger partial charge in [-0.25, -0.2) is 13.2 Å². The summed E-state index contributed by atoms with van der Waals surface area (Å²) >= 11 is 11.6. The molecule has 112 valence electrons. The highest BCUT2D eigenvalue weighted by atomic mass is 35.7. The Morgan fingerprint density at radius 3 is 2.40 bits per heavy atom. The van der Waals surface area contributed by atoms with Gasteiger partial charge in [-0.3, -0.25) is 0 Å². The zero-order chi connectivity index (χ0) is 15.3. The summed E-state index contributed by atoms with van der Waals surface area (Å²) in [5.74, 6) is -0.704. The van der Waals surface area contributed by atoms with E-state index >= 15 is 0 Å². The Bertz CT molecular complexity index is 599. The molecule has 0 saturated heterocycles. The van der Waals surface area contributed by atoms with Crippen LogP contribution in [0.2, 0.25) is 10.0 Å². The van der Waals surface area contributed by atoms with Crippen molar-refractivity contribution in [3.05, 3.63) is 27.7 Å². The van der Waals surface area contributed by atoms with Crippen LogP contribution in [0.3, 0.4) is 0 Å². The highest BCUT2D eigenvalue weighted by molar-refractivity contribution is 8.13. The molecule has 20 heavy (non-hydrogen) atoms. The highest BCUT2D eigenvalue weighted by Gasteiger charge is 2.21. The van der Waals surface area contributed by atoms with Crippen LogP contribution in [0, 0.1) is 0 Å². The summed E-state index contributed by atoms with van der Waals surface area (Å²) in [4.78, 5) is 11.5. The molecule has 0 aliphatic carbocycles. The maximum absolute atomic E-state index is 11.8. The molecule has 0 amide bonds. The van der Waals surface area contributed by atoms with Gasteiger partial charge in [-0.05, 0) is 18.6 Å². The summed E-state index contributed by atoms with van der Waals surface area (Å²) in [6.45, 7) is 2.27. The van der Waals surface area contributed by atoms with Gasteiger partial charge >= 0.3 is 5.97 Å². The minimum atomic E-state index is -4.06. The third kappa shape index (κ3) is 4.81. The van der Waals surface area contributed by atoms with Crippen molar-refractivity contribution in [3.63, 3.8) is 0 Å².